The van der Waals surface area contributed by atoms with Crippen molar-refractivity contribution in [3.8, 4) is 0 Å². The summed E-state index contributed by atoms with van der Waals surface area (Å²) in [7, 11) is 0. The Morgan fingerprint density at radius 1 is 1.00 bits per heavy atom. The average Bonchev–Trinajstić information content (AvgIpc) is 2.98. The van der Waals surface area contributed by atoms with E-state index in [1.165, 1.54) is 31.2 Å². The lowest BCUT2D eigenvalue weighted by Crippen LogP contribution is -2.57. The maximum Gasteiger partial charge on any atom is 0.335 e. The molecule has 2 atom stereocenters. The first-order valence-corrected chi connectivity index (χ1v) is 14.0. The third-order valence-electron chi connectivity index (χ3n) is 7.53. The van der Waals surface area contributed by atoms with Crippen LogP contribution in [0.2, 0.25) is 0 Å². The molecule has 3 rings (SSSR count). The first-order chi connectivity index (χ1) is 19.6. The molecular formula is C28H39N5O8. The van der Waals surface area contributed by atoms with Gasteiger partial charge in [0.1, 0.15) is 6.04 Å². The SMILES string of the molecule is C[C@@H](NN(C(=O)CCNC(=O)c1ccc(C(=O)O)cc1)C(=O)[C@@H]1CCCN(C(=O)CCC2CCNCC2)C1)C(=O)O. The number of nitrogens with one attached hydrogen (secondary N) is 3. The van der Waals surface area contributed by atoms with E-state index in [1.54, 1.807) is 4.90 Å². The second kappa shape index (κ2) is 15.2. The highest BCUT2D eigenvalue weighted by Gasteiger charge is 2.35. The highest BCUT2D eigenvalue weighted by Crippen LogP contribution is 2.23. The maximum absolute atomic E-state index is 13.4. The minimum Gasteiger partial charge on any atom is -0.480 e. The molecule has 2 heterocycles. The fourth-order valence-corrected chi connectivity index (χ4v) is 5.01. The lowest BCUT2D eigenvalue weighted by atomic mass is 9.92. The minimum atomic E-state index is -1.26. The van der Waals surface area contributed by atoms with Gasteiger partial charge in [0.15, 0.2) is 0 Å². The Morgan fingerprint density at radius 2 is 1.66 bits per heavy atom. The number of likely N-dealkylation sites (tertiary alicyclic amines) is 1. The summed E-state index contributed by atoms with van der Waals surface area (Å²) in [5.41, 5.74) is 2.69. The number of carboxylic acids is 2. The number of carboxylic acid groups (broad SMARTS) is 2. The van der Waals surface area contributed by atoms with Gasteiger partial charge >= 0.3 is 11.9 Å². The Morgan fingerprint density at radius 3 is 2.29 bits per heavy atom. The normalized spacial score (nSPS) is 18.3. The number of carbonyl (C=O) groups is 6. The Kier molecular flexibility index (Phi) is 11.8. The summed E-state index contributed by atoms with van der Waals surface area (Å²) in [4.78, 5) is 75.9. The van der Waals surface area contributed by atoms with Crippen LogP contribution in [0.25, 0.3) is 0 Å². The average molecular weight is 574 g/mol. The number of aromatic carboxylic acids is 1. The van der Waals surface area contributed by atoms with Crippen molar-refractivity contribution in [3.63, 3.8) is 0 Å². The lowest BCUT2D eigenvalue weighted by molar-refractivity contribution is -0.155. The van der Waals surface area contributed by atoms with Gasteiger partial charge in [0.05, 0.1) is 11.5 Å². The van der Waals surface area contributed by atoms with Crippen LogP contribution in [0.3, 0.4) is 0 Å². The van der Waals surface area contributed by atoms with Crippen molar-refractivity contribution in [3.05, 3.63) is 35.4 Å². The van der Waals surface area contributed by atoms with Gasteiger partial charge in [-0.15, -0.1) is 0 Å². The number of amides is 4. The molecule has 0 bridgehead atoms. The molecule has 13 nitrogen and oxygen atoms in total. The van der Waals surface area contributed by atoms with Crippen LogP contribution < -0.4 is 16.1 Å². The summed E-state index contributed by atoms with van der Waals surface area (Å²) in [5.74, 6) is -4.46. The predicted octanol–water partition coefficient (Wildman–Crippen LogP) is 0.856. The first kappa shape index (κ1) is 31.7. The summed E-state index contributed by atoms with van der Waals surface area (Å²) in [6, 6.07) is 4.01. The summed E-state index contributed by atoms with van der Waals surface area (Å²) in [6.07, 6.45) is 4.02. The largest absolute Gasteiger partial charge is 0.480 e. The van der Waals surface area contributed by atoms with Crippen molar-refractivity contribution in [1.82, 2.24) is 26.0 Å². The predicted molar refractivity (Wildman–Crippen MR) is 147 cm³/mol. The van der Waals surface area contributed by atoms with Crippen molar-refractivity contribution in [2.45, 2.75) is 57.9 Å². The van der Waals surface area contributed by atoms with Crippen LogP contribution >= 0.6 is 0 Å². The fourth-order valence-electron chi connectivity index (χ4n) is 5.01. The molecule has 5 N–H and O–H groups in total. The number of benzene rings is 1. The van der Waals surface area contributed by atoms with E-state index in [4.69, 9.17) is 5.11 Å². The zero-order valence-corrected chi connectivity index (χ0v) is 23.3. The van der Waals surface area contributed by atoms with Gasteiger partial charge in [-0.25, -0.2) is 15.2 Å². The third-order valence-corrected chi connectivity index (χ3v) is 7.53. The van der Waals surface area contributed by atoms with Gasteiger partial charge in [0, 0.05) is 38.0 Å². The van der Waals surface area contributed by atoms with Crippen LogP contribution in [0.4, 0.5) is 0 Å². The zero-order chi connectivity index (χ0) is 29.9. The molecule has 0 aliphatic carbocycles. The lowest BCUT2D eigenvalue weighted by Gasteiger charge is -2.35. The minimum absolute atomic E-state index is 0.0225. The molecule has 13 heteroatoms. The van der Waals surface area contributed by atoms with E-state index in [0.717, 1.165) is 32.4 Å². The van der Waals surface area contributed by atoms with Crippen molar-refractivity contribution in [1.29, 1.82) is 0 Å². The van der Waals surface area contributed by atoms with E-state index in [9.17, 15) is 33.9 Å². The molecule has 0 saturated carbocycles. The molecule has 0 aromatic heterocycles. The molecule has 2 aliphatic heterocycles. The van der Waals surface area contributed by atoms with Crippen LogP contribution in [-0.4, -0.2) is 94.5 Å². The van der Waals surface area contributed by atoms with E-state index < -0.39 is 41.6 Å². The molecule has 2 fully saturated rings. The number of rotatable bonds is 12. The second-order valence-electron chi connectivity index (χ2n) is 10.6. The third kappa shape index (κ3) is 9.35. The second-order valence-corrected chi connectivity index (χ2v) is 10.6. The van der Waals surface area contributed by atoms with Gasteiger partial charge in [-0.3, -0.25) is 24.0 Å². The Bertz CT molecular complexity index is 1120. The quantitative estimate of drug-likeness (QED) is 0.225. The van der Waals surface area contributed by atoms with Crippen LogP contribution in [0.5, 0.6) is 0 Å². The summed E-state index contributed by atoms with van der Waals surface area (Å²) in [6.45, 7) is 3.75. The summed E-state index contributed by atoms with van der Waals surface area (Å²) < 4.78 is 0. The van der Waals surface area contributed by atoms with Crippen LogP contribution in [0.1, 0.15) is 72.6 Å². The number of hydrogen-bond acceptors (Lipinski definition) is 8. The van der Waals surface area contributed by atoms with Crippen LogP contribution in [0.15, 0.2) is 24.3 Å². The number of imide groups is 1. The van der Waals surface area contributed by atoms with E-state index in [0.29, 0.717) is 36.7 Å². The Hall–Kier alpha value is -3.84. The van der Waals surface area contributed by atoms with Gasteiger partial charge in [-0.2, -0.15) is 0 Å². The van der Waals surface area contributed by atoms with Gasteiger partial charge in [0.2, 0.25) is 17.7 Å². The maximum atomic E-state index is 13.4. The smallest absolute Gasteiger partial charge is 0.335 e. The molecule has 1 aromatic rings. The number of hydrogen-bond donors (Lipinski definition) is 5. The molecular weight excluding hydrogens is 534 g/mol. The van der Waals surface area contributed by atoms with Gasteiger partial charge in [-0.1, -0.05) is 0 Å². The molecule has 1 aromatic carbocycles. The Labute approximate surface area is 238 Å². The molecule has 41 heavy (non-hydrogen) atoms. The topological polar surface area (TPSA) is 185 Å². The molecule has 224 valence electrons. The van der Waals surface area contributed by atoms with E-state index in [-0.39, 0.29) is 36.5 Å². The van der Waals surface area contributed by atoms with Gasteiger partial charge in [-0.05, 0) is 82.3 Å². The van der Waals surface area contributed by atoms with Crippen molar-refractivity contribution < 1.29 is 39.0 Å². The molecule has 4 amide bonds. The summed E-state index contributed by atoms with van der Waals surface area (Å²) >= 11 is 0. The highest BCUT2D eigenvalue weighted by molar-refractivity contribution is 5.98. The number of piperidine rings is 2. The molecule has 0 unspecified atom stereocenters. The Balaban J connectivity index is 1.57. The van der Waals surface area contributed by atoms with Gasteiger partial charge in [0.25, 0.3) is 5.91 Å². The molecule has 0 radical (unpaired) electrons. The molecule has 2 saturated heterocycles. The summed E-state index contributed by atoms with van der Waals surface area (Å²) in [5, 5.41) is 24.9. The van der Waals surface area contributed by atoms with E-state index in [1.807, 2.05) is 0 Å². The number of hydrazine groups is 1. The first-order valence-electron chi connectivity index (χ1n) is 14.0. The zero-order valence-electron chi connectivity index (χ0n) is 23.3. The van der Waals surface area contributed by atoms with Crippen molar-refractivity contribution >= 4 is 35.6 Å². The highest BCUT2D eigenvalue weighted by atomic mass is 16.4. The van der Waals surface area contributed by atoms with E-state index in [2.05, 4.69) is 16.1 Å². The molecule has 0 spiro atoms. The van der Waals surface area contributed by atoms with Crippen LogP contribution in [0, 0.1) is 11.8 Å². The van der Waals surface area contributed by atoms with Crippen molar-refractivity contribution in [2.24, 2.45) is 11.8 Å². The van der Waals surface area contributed by atoms with Gasteiger partial charge < -0.3 is 25.7 Å². The standard InChI is InChI=1S/C28H39N5O8/c1-18(27(38)39)31-33(24(35)12-15-30-25(36)20-5-7-21(8-6-20)28(40)41)26(37)22-3-2-16-32(17-22)23(34)9-4-19-10-13-29-14-11-19/h5-8,18-19,22,29,31H,2-4,9-17H2,1H3,(H,30,36)(H,38,39)(H,40,41)/t18-,22-/m1/s1. The fraction of sp³-hybridized carbons (Fsp3) is 0.571. The molecule has 2 aliphatic rings. The number of carbonyl (C=O) groups excluding carboxylic acids is 4. The monoisotopic (exact) mass is 573 g/mol. The van der Waals surface area contributed by atoms with Crippen molar-refractivity contribution in [2.75, 3.05) is 32.7 Å². The van der Waals surface area contributed by atoms with E-state index >= 15 is 0 Å². The number of nitrogens with zero attached hydrogens (tertiary/aromatic N) is 2. The van der Waals surface area contributed by atoms with Crippen LogP contribution in [-0.2, 0) is 19.2 Å². The number of aliphatic carboxylic acids is 1.